The summed E-state index contributed by atoms with van der Waals surface area (Å²) in [5.74, 6) is -0.433. The minimum absolute atomic E-state index is 0.0947. The van der Waals surface area contributed by atoms with Crippen molar-refractivity contribution in [2.75, 3.05) is 10.8 Å². The van der Waals surface area contributed by atoms with Crippen LogP contribution in [0.3, 0.4) is 0 Å². The van der Waals surface area contributed by atoms with E-state index in [1.807, 2.05) is 35.0 Å². The predicted octanol–water partition coefficient (Wildman–Crippen LogP) is 4.35. The number of benzene rings is 3. The largest absolute Gasteiger partial charge is 0.350 e. The van der Waals surface area contributed by atoms with Crippen LogP contribution < -0.4 is 9.62 Å². The van der Waals surface area contributed by atoms with Gasteiger partial charge in [-0.2, -0.15) is 0 Å². The molecule has 9 heteroatoms. The maximum Gasteiger partial charge on any atom is 0.264 e. The number of rotatable bonds is 8. The van der Waals surface area contributed by atoms with Gasteiger partial charge in [-0.3, -0.25) is 9.10 Å². The zero-order chi connectivity index (χ0) is 24.1. The number of imidazole rings is 1. The molecule has 1 amide bonds. The number of halogens is 1. The summed E-state index contributed by atoms with van der Waals surface area (Å²) in [6.07, 6.45) is 5.25. The quantitative estimate of drug-likeness (QED) is 0.395. The van der Waals surface area contributed by atoms with Gasteiger partial charge in [-0.25, -0.2) is 13.4 Å². The van der Waals surface area contributed by atoms with Crippen LogP contribution >= 0.6 is 11.6 Å². The van der Waals surface area contributed by atoms with Crippen molar-refractivity contribution in [3.63, 3.8) is 0 Å². The predicted molar refractivity (Wildman–Crippen MR) is 133 cm³/mol. The molecule has 0 bridgehead atoms. The molecule has 34 heavy (non-hydrogen) atoms. The molecule has 0 fully saturated rings. The SMILES string of the molecule is Cc1c(Cl)cccc1N(CC(=O)NCc1ccc(-n2ccnc2)cc1)S(=O)(=O)c1ccccc1. The summed E-state index contributed by atoms with van der Waals surface area (Å²) in [5.41, 5.74) is 2.76. The summed E-state index contributed by atoms with van der Waals surface area (Å²) in [6.45, 7) is 1.60. The molecule has 174 valence electrons. The van der Waals surface area contributed by atoms with Crippen molar-refractivity contribution < 1.29 is 13.2 Å². The fourth-order valence-electron chi connectivity index (χ4n) is 3.47. The van der Waals surface area contributed by atoms with Gasteiger partial charge in [0.1, 0.15) is 6.54 Å². The van der Waals surface area contributed by atoms with E-state index in [9.17, 15) is 13.2 Å². The molecule has 0 radical (unpaired) electrons. The van der Waals surface area contributed by atoms with Crippen LogP contribution in [0.1, 0.15) is 11.1 Å². The number of carbonyl (C=O) groups excluding carboxylic acids is 1. The van der Waals surface area contributed by atoms with Gasteiger partial charge in [-0.05, 0) is 54.4 Å². The lowest BCUT2D eigenvalue weighted by Crippen LogP contribution is -2.41. The third kappa shape index (κ3) is 5.13. The highest BCUT2D eigenvalue weighted by Gasteiger charge is 2.28. The molecule has 0 saturated carbocycles. The van der Waals surface area contributed by atoms with Crippen LogP contribution in [0, 0.1) is 6.92 Å². The summed E-state index contributed by atoms with van der Waals surface area (Å²) < 4.78 is 29.9. The average molecular weight is 495 g/mol. The lowest BCUT2D eigenvalue weighted by Gasteiger charge is -2.26. The zero-order valence-electron chi connectivity index (χ0n) is 18.4. The highest BCUT2D eigenvalue weighted by Crippen LogP contribution is 2.30. The van der Waals surface area contributed by atoms with Crippen LogP contribution in [0.5, 0.6) is 0 Å². The minimum Gasteiger partial charge on any atom is -0.350 e. The molecule has 7 nitrogen and oxygen atoms in total. The first-order valence-corrected chi connectivity index (χ1v) is 12.3. The van der Waals surface area contributed by atoms with Crippen LogP contribution in [0.15, 0.2) is 96.4 Å². The first-order valence-electron chi connectivity index (χ1n) is 10.5. The molecular weight excluding hydrogens is 472 g/mol. The second-order valence-corrected chi connectivity index (χ2v) is 9.89. The van der Waals surface area contributed by atoms with E-state index in [1.54, 1.807) is 55.8 Å². The van der Waals surface area contributed by atoms with E-state index in [0.717, 1.165) is 15.6 Å². The van der Waals surface area contributed by atoms with Crippen molar-refractivity contribution in [1.29, 1.82) is 0 Å². The third-order valence-electron chi connectivity index (χ3n) is 5.35. The summed E-state index contributed by atoms with van der Waals surface area (Å²) in [6, 6.07) is 20.7. The molecule has 0 atom stereocenters. The molecule has 1 aromatic heterocycles. The van der Waals surface area contributed by atoms with Gasteiger partial charge in [0.2, 0.25) is 5.91 Å². The highest BCUT2D eigenvalue weighted by molar-refractivity contribution is 7.92. The van der Waals surface area contributed by atoms with Crippen LogP contribution in [0.4, 0.5) is 5.69 Å². The number of anilines is 1. The molecule has 0 unspecified atom stereocenters. The third-order valence-corrected chi connectivity index (χ3v) is 7.54. The van der Waals surface area contributed by atoms with Gasteiger partial charge in [0.15, 0.2) is 0 Å². The Morgan fingerprint density at radius 1 is 1.03 bits per heavy atom. The highest BCUT2D eigenvalue weighted by atomic mass is 35.5. The number of carbonyl (C=O) groups is 1. The molecular formula is C25H23ClN4O3S. The Labute approximate surface area is 203 Å². The standard InChI is InChI=1S/C25H23ClN4O3S/c1-19-23(26)8-5-9-24(19)30(34(32,33)22-6-3-2-4-7-22)17-25(31)28-16-20-10-12-21(13-11-20)29-15-14-27-18-29/h2-15,18H,16-17H2,1H3,(H,28,31). The number of hydrogen-bond donors (Lipinski definition) is 1. The van der Waals surface area contributed by atoms with Gasteiger partial charge in [-0.1, -0.05) is 48.0 Å². The normalized spacial score (nSPS) is 11.2. The van der Waals surface area contributed by atoms with E-state index >= 15 is 0 Å². The summed E-state index contributed by atoms with van der Waals surface area (Å²) in [4.78, 5) is 17.0. The lowest BCUT2D eigenvalue weighted by atomic mass is 10.2. The van der Waals surface area contributed by atoms with Crippen LogP contribution in [-0.4, -0.2) is 30.4 Å². The average Bonchev–Trinajstić information content (AvgIpc) is 3.39. The van der Waals surface area contributed by atoms with Gasteiger partial charge < -0.3 is 9.88 Å². The van der Waals surface area contributed by atoms with Crippen molar-refractivity contribution in [2.24, 2.45) is 0 Å². The Kier molecular flexibility index (Phi) is 7.00. The Morgan fingerprint density at radius 2 is 1.76 bits per heavy atom. The Morgan fingerprint density at radius 3 is 2.44 bits per heavy atom. The Hall–Kier alpha value is -3.62. The molecule has 1 heterocycles. The summed E-state index contributed by atoms with van der Waals surface area (Å²) in [5, 5.41) is 3.23. The van der Waals surface area contributed by atoms with Gasteiger partial charge in [0.25, 0.3) is 10.0 Å². The number of aromatic nitrogens is 2. The summed E-state index contributed by atoms with van der Waals surface area (Å²) in [7, 11) is -4.00. The number of amides is 1. The topological polar surface area (TPSA) is 84.3 Å². The van der Waals surface area contributed by atoms with E-state index in [-0.39, 0.29) is 18.0 Å². The van der Waals surface area contributed by atoms with Crippen molar-refractivity contribution >= 4 is 33.2 Å². The molecule has 0 saturated heterocycles. The molecule has 0 aliphatic rings. The summed E-state index contributed by atoms with van der Waals surface area (Å²) >= 11 is 6.25. The lowest BCUT2D eigenvalue weighted by molar-refractivity contribution is -0.119. The van der Waals surface area contributed by atoms with Crippen LogP contribution in [0.25, 0.3) is 5.69 Å². The monoisotopic (exact) mass is 494 g/mol. The van der Waals surface area contributed by atoms with E-state index in [1.165, 1.54) is 12.1 Å². The molecule has 0 aliphatic heterocycles. The molecule has 3 aromatic carbocycles. The maximum absolute atomic E-state index is 13.5. The minimum atomic E-state index is -4.00. The number of sulfonamides is 1. The smallest absolute Gasteiger partial charge is 0.264 e. The van der Waals surface area contributed by atoms with Gasteiger partial charge in [0, 0.05) is 29.6 Å². The molecule has 0 spiro atoms. The van der Waals surface area contributed by atoms with Gasteiger partial charge in [0.05, 0.1) is 16.9 Å². The fraction of sp³-hybridized carbons (Fsp3) is 0.120. The van der Waals surface area contributed by atoms with E-state index in [0.29, 0.717) is 16.3 Å². The number of nitrogens with zero attached hydrogens (tertiary/aromatic N) is 3. The molecule has 4 rings (SSSR count). The second kappa shape index (κ2) is 10.1. The van der Waals surface area contributed by atoms with Crippen molar-refractivity contribution in [1.82, 2.24) is 14.9 Å². The molecule has 4 aromatic rings. The van der Waals surface area contributed by atoms with Crippen LogP contribution in [-0.2, 0) is 21.4 Å². The Balaban J connectivity index is 1.53. The van der Waals surface area contributed by atoms with Gasteiger partial charge >= 0.3 is 0 Å². The maximum atomic E-state index is 13.5. The van der Waals surface area contributed by atoms with E-state index < -0.39 is 15.9 Å². The molecule has 1 N–H and O–H groups in total. The number of hydrogen-bond acceptors (Lipinski definition) is 4. The molecule has 0 aliphatic carbocycles. The van der Waals surface area contributed by atoms with Gasteiger partial charge in [-0.15, -0.1) is 0 Å². The second-order valence-electron chi connectivity index (χ2n) is 7.62. The van der Waals surface area contributed by atoms with E-state index in [4.69, 9.17) is 11.6 Å². The first-order chi connectivity index (χ1) is 16.4. The van der Waals surface area contributed by atoms with Crippen LogP contribution in [0.2, 0.25) is 5.02 Å². The Bertz CT molecular complexity index is 1370. The zero-order valence-corrected chi connectivity index (χ0v) is 20.0. The van der Waals surface area contributed by atoms with Crippen molar-refractivity contribution in [3.05, 3.63) is 108 Å². The van der Waals surface area contributed by atoms with Crippen molar-refractivity contribution in [3.8, 4) is 5.69 Å². The van der Waals surface area contributed by atoms with Crippen molar-refractivity contribution in [2.45, 2.75) is 18.4 Å². The number of nitrogens with one attached hydrogen (secondary N) is 1. The first kappa shape index (κ1) is 23.5. The van der Waals surface area contributed by atoms with E-state index in [2.05, 4.69) is 10.3 Å². The fourth-order valence-corrected chi connectivity index (χ4v) is 5.14.